The number of hydrogen-bond acceptors (Lipinski definition) is 3. The van der Waals surface area contributed by atoms with Crippen molar-refractivity contribution in [1.29, 1.82) is 0 Å². The summed E-state index contributed by atoms with van der Waals surface area (Å²) in [7, 11) is 1.69. The number of rotatable bonds is 7. The molecule has 0 aromatic heterocycles. The lowest BCUT2D eigenvalue weighted by Crippen LogP contribution is -2.31. The maximum atomic E-state index is 12.4. The Kier molecular flexibility index (Phi) is 7.53. The van der Waals surface area contributed by atoms with E-state index in [4.69, 9.17) is 9.47 Å². The van der Waals surface area contributed by atoms with Gasteiger partial charge in [-0.2, -0.15) is 0 Å². The van der Waals surface area contributed by atoms with Gasteiger partial charge >= 0.3 is 0 Å². The van der Waals surface area contributed by atoms with Crippen molar-refractivity contribution >= 4 is 21.8 Å². The van der Waals surface area contributed by atoms with Crippen LogP contribution in [0.5, 0.6) is 11.5 Å². The second-order valence-electron chi connectivity index (χ2n) is 7.55. The van der Waals surface area contributed by atoms with E-state index in [1.165, 1.54) is 0 Å². The second kappa shape index (κ2) is 9.46. The number of methoxy groups -OCH3 is 1. The van der Waals surface area contributed by atoms with Gasteiger partial charge in [-0.05, 0) is 85.7 Å². The zero-order valence-corrected chi connectivity index (χ0v) is 19.4. The Balaban J connectivity index is 2.07. The van der Waals surface area contributed by atoms with E-state index in [0.29, 0.717) is 11.7 Å². The molecular formula is C23H30BrNO3. The Bertz CT molecular complexity index is 838. The minimum atomic E-state index is -0.146. The lowest BCUT2D eigenvalue weighted by Gasteiger charge is -2.21. The summed E-state index contributed by atoms with van der Waals surface area (Å²) in [5.41, 5.74) is 5.49. The summed E-state index contributed by atoms with van der Waals surface area (Å²) in [6, 6.07) is 7.91. The third-order valence-electron chi connectivity index (χ3n) is 4.86. The van der Waals surface area contributed by atoms with E-state index in [1.807, 2.05) is 45.9 Å². The van der Waals surface area contributed by atoms with E-state index in [0.717, 1.165) is 38.0 Å². The van der Waals surface area contributed by atoms with Crippen molar-refractivity contribution in [3.05, 3.63) is 56.6 Å². The van der Waals surface area contributed by atoms with Gasteiger partial charge in [0.15, 0.2) is 6.61 Å². The Hall–Kier alpha value is -2.01. The number of amides is 1. The summed E-state index contributed by atoms with van der Waals surface area (Å²) in [5, 5.41) is 3.04. The fraction of sp³-hybridized carbons (Fsp3) is 0.435. The fourth-order valence-corrected chi connectivity index (χ4v) is 3.54. The van der Waals surface area contributed by atoms with Crippen LogP contribution in [0.25, 0.3) is 0 Å². The molecule has 0 aliphatic carbocycles. The molecule has 2 aromatic rings. The molecule has 1 amide bonds. The van der Waals surface area contributed by atoms with Crippen LogP contribution < -0.4 is 14.8 Å². The van der Waals surface area contributed by atoms with Crippen LogP contribution in [0, 0.1) is 20.8 Å². The number of aryl methyl sites for hydroxylation is 3. The number of carbonyl (C=O) groups is 1. The van der Waals surface area contributed by atoms with Gasteiger partial charge < -0.3 is 14.8 Å². The Morgan fingerprint density at radius 1 is 1.00 bits per heavy atom. The largest absolute Gasteiger partial charge is 0.496 e. The predicted octanol–water partition coefficient (Wildman–Crippen LogP) is 5.76. The molecule has 1 N–H and O–H groups in total. The van der Waals surface area contributed by atoms with Gasteiger partial charge in [0, 0.05) is 4.47 Å². The van der Waals surface area contributed by atoms with Gasteiger partial charge in [0.05, 0.1) is 13.2 Å². The molecule has 1 unspecified atom stereocenters. The molecule has 0 saturated heterocycles. The molecule has 4 nitrogen and oxygen atoms in total. The minimum Gasteiger partial charge on any atom is -0.496 e. The van der Waals surface area contributed by atoms with Gasteiger partial charge in [-0.3, -0.25) is 4.79 Å². The van der Waals surface area contributed by atoms with Crippen LogP contribution in [0.2, 0.25) is 0 Å². The number of carbonyl (C=O) groups excluding carboxylic acids is 1. The number of ether oxygens (including phenoxy) is 2. The first-order valence-electron chi connectivity index (χ1n) is 9.51. The van der Waals surface area contributed by atoms with E-state index >= 15 is 0 Å². The van der Waals surface area contributed by atoms with Gasteiger partial charge in [0.1, 0.15) is 11.5 Å². The molecule has 0 aliphatic rings. The summed E-state index contributed by atoms with van der Waals surface area (Å²) in [5.74, 6) is 1.78. The molecule has 0 aliphatic heterocycles. The number of benzene rings is 2. The highest BCUT2D eigenvalue weighted by molar-refractivity contribution is 9.10. The highest BCUT2D eigenvalue weighted by Crippen LogP contribution is 2.32. The minimum absolute atomic E-state index is 0.0168. The molecule has 2 rings (SSSR count). The van der Waals surface area contributed by atoms with Crippen LogP contribution in [0.4, 0.5) is 0 Å². The molecule has 5 heteroatoms. The molecule has 0 spiro atoms. The van der Waals surface area contributed by atoms with Gasteiger partial charge in [0.25, 0.3) is 5.91 Å². The zero-order valence-electron chi connectivity index (χ0n) is 17.8. The number of halogens is 1. The highest BCUT2D eigenvalue weighted by Gasteiger charge is 2.17. The van der Waals surface area contributed by atoms with Gasteiger partial charge in [0.2, 0.25) is 0 Å². The maximum Gasteiger partial charge on any atom is 0.258 e. The monoisotopic (exact) mass is 447 g/mol. The van der Waals surface area contributed by atoms with Crippen molar-refractivity contribution in [3.63, 3.8) is 0 Å². The third kappa shape index (κ3) is 5.28. The van der Waals surface area contributed by atoms with E-state index < -0.39 is 0 Å². The van der Waals surface area contributed by atoms with E-state index in [2.05, 4.69) is 41.2 Å². The molecule has 0 bridgehead atoms. The predicted molar refractivity (Wildman–Crippen MR) is 117 cm³/mol. The van der Waals surface area contributed by atoms with Crippen molar-refractivity contribution in [2.45, 2.75) is 53.5 Å². The molecule has 0 radical (unpaired) electrons. The van der Waals surface area contributed by atoms with E-state index in [1.54, 1.807) is 7.11 Å². The zero-order chi connectivity index (χ0) is 21.0. The summed E-state index contributed by atoms with van der Waals surface area (Å²) in [6.07, 6.45) is 0. The molecule has 1 atom stereocenters. The molecule has 0 fully saturated rings. The molecule has 152 valence electrons. The molecule has 2 aromatic carbocycles. The fourth-order valence-electron chi connectivity index (χ4n) is 3.31. The molecule has 0 heterocycles. The number of nitrogens with one attached hydrogen (secondary N) is 1. The van der Waals surface area contributed by atoms with Crippen LogP contribution in [0.3, 0.4) is 0 Å². The third-order valence-corrected chi connectivity index (χ3v) is 6.12. The topological polar surface area (TPSA) is 47.6 Å². The van der Waals surface area contributed by atoms with Gasteiger partial charge in [-0.1, -0.05) is 29.8 Å². The normalized spacial score (nSPS) is 12.0. The average Bonchev–Trinajstić information content (AvgIpc) is 2.63. The lowest BCUT2D eigenvalue weighted by atomic mass is 9.93. The van der Waals surface area contributed by atoms with Gasteiger partial charge in [-0.15, -0.1) is 0 Å². The van der Waals surface area contributed by atoms with Crippen molar-refractivity contribution < 1.29 is 14.3 Å². The van der Waals surface area contributed by atoms with Crippen molar-refractivity contribution in [3.8, 4) is 11.5 Å². The van der Waals surface area contributed by atoms with Crippen LogP contribution >= 0.6 is 15.9 Å². The first-order valence-corrected chi connectivity index (χ1v) is 10.3. The highest BCUT2D eigenvalue weighted by atomic mass is 79.9. The summed E-state index contributed by atoms with van der Waals surface area (Å²) < 4.78 is 12.3. The average molecular weight is 448 g/mol. The van der Waals surface area contributed by atoms with Crippen molar-refractivity contribution in [1.82, 2.24) is 5.32 Å². The number of hydrogen-bond donors (Lipinski definition) is 1. The molecule has 0 saturated carbocycles. The second-order valence-corrected chi connectivity index (χ2v) is 8.35. The van der Waals surface area contributed by atoms with E-state index in [-0.39, 0.29) is 18.6 Å². The van der Waals surface area contributed by atoms with Crippen LogP contribution in [0.1, 0.15) is 60.5 Å². The Morgan fingerprint density at radius 3 is 2.14 bits per heavy atom. The van der Waals surface area contributed by atoms with Gasteiger partial charge in [-0.25, -0.2) is 0 Å². The Labute approximate surface area is 176 Å². The maximum absolute atomic E-state index is 12.4. The first-order chi connectivity index (χ1) is 13.1. The quantitative estimate of drug-likeness (QED) is 0.586. The lowest BCUT2D eigenvalue weighted by molar-refractivity contribution is -0.123. The summed E-state index contributed by atoms with van der Waals surface area (Å²) >= 11 is 3.54. The Morgan fingerprint density at radius 2 is 1.61 bits per heavy atom. The van der Waals surface area contributed by atoms with E-state index in [9.17, 15) is 4.79 Å². The van der Waals surface area contributed by atoms with Crippen LogP contribution in [-0.2, 0) is 4.79 Å². The summed E-state index contributed by atoms with van der Waals surface area (Å²) in [6.45, 7) is 12.3. The van der Waals surface area contributed by atoms with Crippen LogP contribution in [0.15, 0.2) is 28.7 Å². The molecular weight excluding hydrogens is 418 g/mol. The molecule has 28 heavy (non-hydrogen) atoms. The summed E-state index contributed by atoms with van der Waals surface area (Å²) in [4.78, 5) is 12.4. The first kappa shape index (κ1) is 22.3. The van der Waals surface area contributed by atoms with Crippen molar-refractivity contribution in [2.75, 3.05) is 13.7 Å². The van der Waals surface area contributed by atoms with Crippen molar-refractivity contribution in [2.24, 2.45) is 0 Å². The SMILES string of the molecule is COc1cc(C)c(C(C)NC(=O)COc2cc(C)c(Br)c(C)c2)cc1C(C)C. The standard InChI is InChI=1S/C23H30BrNO3/c1-13(2)19-11-20(14(3)10-21(19)27-7)17(6)25-22(26)12-28-18-8-15(4)23(24)16(5)9-18/h8-11,13,17H,12H2,1-7H3,(H,25,26). The smallest absolute Gasteiger partial charge is 0.258 e. The van der Waals surface area contributed by atoms with Crippen LogP contribution in [-0.4, -0.2) is 19.6 Å².